The maximum absolute atomic E-state index is 14.8. The summed E-state index contributed by atoms with van der Waals surface area (Å²) in [4.78, 5) is 0.166. The van der Waals surface area contributed by atoms with Crippen LogP contribution in [0, 0.1) is 23.2 Å². The summed E-state index contributed by atoms with van der Waals surface area (Å²) >= 11 is 0. The third kappa shape index (κ3) is 3.89. The molecule has 0 heterocycles. The Labute approximate surface area is 203 Å². The molecule has 0 aliphatic heterocycles. The van der Waals surface area contributed by atoms with Crippen LogP contribution in [0.25, 0.3) is 0 Å². The molecule has 192 valence electrons. The highest BCUT2D eigenvalue weighted by Crippen LogP contribution is 2.69. The van der Waals surface area contributed by atoms with Crippen molar-refractivity contribution in [1.29, 1.82) is 0 Å². The van der Waals surface area contributed by atoms with Crippen molar-refractivity contribution in [2.75, 3.05) is 6.26 Å². The molecule has 5 rings (SSSR count). The average Bonchev–Trinajstić information content (AvgIpc) is 3.14. The zero-order valence-corrected chi connectivity index (χ0v) is 20.8. The van der Waals surface area contributed by atoms with Crippen molar-refractivity contribution in [2.45, 2.75) is 81.2 Å². The Morgan fingerprint density at radius 1 is 0.971 bits per heavy atom. The van der Waals surface area contributed by atoms with Crippen molar-refractivity contribution in [2.24, 2.45) is 23.2 Å². The summed E-state index contributed by atoms with van der Waals surface area (Å²) in [5, 5.41) is 0. The normalized spacial score (nSPS) is 33.6. The molecule has 0 spiro atoms. The fourth-order valence-electron chi connectivity index (χ4n) is 7.80. The third-order valence-electron chi connectivity index (χ3n) is 9.32. The highest BCUT2D eigenvalue weighted by molar-refractivity contribution is 7.90. The lowest BCUT2D eigenvalue weighted by Crippen LogP contribution is -2.52. The molecular weight excluding hydrogens is 483 g/mol. The van der Waals surface area contributed by atoms with Gasteiger partial charge in [0.15, 0.2) is 9.84 Å². The van der Waals surface area contributed by atoms with Gasteiger partial charge in [0.2, 0.25) is 0 Å². The van der Waals surface area contributed by atoms with Crippen molar-refractivity contribution in [3.05, 3.63) is 52.6 Å². The molecule has 1 aromatic rings. The molecule has 8 heteroatoms. The monoisotopic (exact) mass is 514 g/mol. The minimum absolute atomic E-state index is 0.0207. The highest BCUT2D eigenvalue weighted by Gasteiger charge is 2.70. The number of sulfone groups is 1. The van der Waals surface area contributed by atoms with Gasteiger partial charge in [-0.25, -0.2) is 8.42 Å². The molecule has 35 heavy (non-hydrogen) atoms. The number of benzene rings is 1. The van der Waals surface area contributed by atoms with E-state index in [1.165, 1.54) is 28.9 Å². The second-order valence-corrected chi connectivity index (χ2v) is 13.2. The summed E-state index contributed by atoms with van der Waals surface area (Å²) in [6.07, 6.45) is 2.80. The molecule has 2 unspecified atom stereocenters. The van der Waals surface area contributed by atoms with E-state index in [1.54, 1.807) is 19.1 Å². The van der Waals surface area contributed by atoms with E-state index >= 15 is 0 Å². The molecule has 0 bridgehead atoms. The van der Waals surface area contributed by atoms with Crippen LogP contribution in [0.3, 0.4) is 0 Å². The third-order valence-corrected chi connectivity index (χ3v) is 10.5. The Hall–Kier alpha value is -1.70. The molecule has 2 saturated carbocycles. The SMILES string of the molecule is C[C@]12CC(c3ccc(S(C)(=O)=O)cc3)C3=C4CCCC=C4CC[C@H]3[C@@H]1CCC2C(F)(F)C(F)(F)F. The lowest BCUT2D eigenvalue weighted by atomic mass is 9.51. The first-order valence-corrected chi connectivity index (χ1v) is 14.3. The van der Waals surface area contributed by atoms with E-state index in [1.807, 2.05) is 0 Å². The topological polar surface area (TPSA) is 34.1 Å². The van der Waals surface area contributed by atoms with Gasteiger partial charge in [0, 0.05) is 18.1 Å². The summed E-state index contributed by atoms with van der Waals surface area (Å²) in [7, 11) is -3.41. The van der Waals surface area contributed by atoms with E-state index in [2.05, 4.69) is 6.08 Å². The van der Waals surface area contributed by atoms with E-state index < -0.39 is 33.3 Å². The number of hydrogen-bond donors (Lipinski definition) is 0. The lowest BCUT2D eigenvalue weighted by Gasteiger charge is -2.53. The number of alkyl halides is 5. The van der Waals surface area contributed by atoms with E-state index in [9.17, 15) is 30.4 Å². The summed E-state index contributed by atoms with van der Waals surface area (Å²) in [5.41, 5.74) is 3.44. The van der Waals surface area contributed by atoms with Crippen LogP contribution < -0.4 is 0 Å². The van der Waals surface area contributed by atoms with E-state index in [0.717, 1.165) is 43.9 Å². The fraction of sp³-hybridized carbons (Fsp3) is 0.630. The molecule has 0 N–H and O–H groups in total. The number of rotatable bonds is 3. The predicted octanol–water partition coefficient (Wildman–Crippen LogP) is 7.62. The Balaban J connectivity index is 1.65. The number of halogens is 5. The van der Waals surface area contributed by atoms with Crippen molar-refractivity contribution in [3.8, 4) is 0 Å². The molecule has 1 aromatic carbocycles. The van der Waals surface area contributed by atoms with Crippen LogP contribution in [0.4, 0.5) is 22.0 Å². The Morgan fingerprint density at radius 3 is 2.29 bits per heavy atom. The lowest BCUT2D eigenvalue weighted by molar-refractivity contribution is -0.315. The summed E-state index contributed by atoms with van der Waals surface area (Å²) in [6.45, 7) is 1.65. The van der Waals surface area contributed by atoms with E-state index in [-0.39, 0.29) is 35.5 Å². The van der Waals surface area contributed by atoms with Crippen molar-refractivity contribution in [1.82, 2.24) is 0 Å². The van der Waals surface area contributed by atoms with Crippen LogP contribution in [-0.2, 0) is 9.84 Å². The Kier molecular flexibility index (Phi) is 5.82. The van der Waals surface area contributed by atoms with Crippen LogP contribution in [0.2, 0.25) is 0 Å². The van der Waals surface area contributed by atoms with Gasteiger partial charge in [-0.3, -0.25) is 0 Å². The molecule has 0 saturated heterocycles. The van der Waals surface area contributed by atoms with Crippen molar-refractivity contribution >= 4 is 9.84 Å². The number of fused-ring (bicyclic) bond motifs is 4. The second-order valence-electron chi connectivity index (χ2n) is 11.2. The Morgan fingerprint density at radius 2 is 1.66 bits per heavy atom. The summed E-state index contributed by atoms with van der Waals surface area (Å²) in [5.74, 6) is -7.02. The van der Waals surface area contributed by atoms with Crippen LogP contribution in [-0.4, -0.2) is 26.8 Å². The zero-order valence-electron chi connectivity index (χ0n) is 20.0. The number of hydrogen-bond acceptors (Lipinski definition) is 2. The summed E-state index contributed by atoms with van der Waals surface area (Å²) in [6, 6.07) is 6.50. The van der Waals surface area contributed by atoms with Crippen LogP contribution in [0.15, 0.2) is 52.0 Å². The van der Waals surface area contributed by atoms with Gasteiger partial charge in [-0.2, -0.15) is 22.0 Å². The van der Waals surface area contributed by atoms with E-state index in [4.69, 9.17) is 0 Å². The summed E-state index contributed by atoms with van der Waals surface area (Å²) < 4.78 is 94.2. The zero-order chi connectivity index (χ0) is 25.4. The van der Waals surface area contributed by atoms with Crippen molar-refractivity contribution < 1.29 is 30.4 Å². The van der Waals surface area contributed by atoms with Gasteiger partial charge >= 0.3 is 12.1 Å². The van der Waals surface area contributed by atoms with Crippen molar-refractivity contribution in [3.63, 3.8) is 0 Å². The molecule has 2 nitrogen and oxygen atoms in total. The van der Waals surface area contributed by atoms with Crippen LogP contribution >= 0.6 is 0 Å². The van der Waals surface area contributed by atoms with Gasteiger partial charge in [0.25, 0.3) is 0 Å². The van der Waals surface area contributed by atoms with Gasteiger partial charge in [0.05, 0.1) is 4.90 Å². The van der Waals surface area contributed by atoms with Gasteiger partial charge < -0.3 is 0 Å². The van der Waals surface area contributed by atoms with Gasteiger partial charge in [-0.15, -0.1) is 0 Å². The fourth-order valence-corrected chi connectivity index (χ4v) is 8.43. The van der Waals surface area contributed by atoms with Gasteiger partial charge in [-0.05, 0) is 97.5 Å². The van der Waals surface area contributed by atoms with Gasteiger partial charge in [-0.1, -0.05) is 30.7 Å². The molecule has 5 atom stereocenters. The second kappa shape index (κ2) is 8.15. The smallest absolute Gasteiger partial charge is 0.224 e. The molecular formula is C27H31F5O2S. The first-order valence-electron chi connectivity index (χ1n) is 12.4. The molecule has 0 amide bonds. The maximum atomic E-state index is 14.8. The van der Waals surface area contributed by atoms with Crippen LogP contribution in [0.5, 0.6) is 0 Å². The van der Waals surface area contributed by atoms with Crippen LogP contribution in [0.1, 0.15) is 69.8 Å². The number of allylic oxidation sites excluding steroid dienone is 4. The molecule has 2 fully saturated rings. The first kappa shape index (κ1) is 25.0. The largest absolute Gasteiger partial charge is 0.453 e. The minimum Gasteiger partial charge on any atom is -0.224 e. The minimum atomic E-state index is -5.58. The molecule has 4 aliphatic rings. The quantitative estimate of drug-likeness (QED) is 0.389. The predicted molar refractivity (Wildman–Crippen MR) is 124 cm³/mol. The standard InChI is InChI=1S/C27H31F5O2S/c1-25-15-21(17-7-10-18(11-8-17)35(2,33)34)24-19-6-4-3-5-16(19)9-12-20(24)22(25)13-14-23(25)26(28,29)27(30,31)32/h5,7-8,10-11,20-23H,3-4,6,9,12-15H2,1-2H3/t20-,21?,22-,23?,25-/m0/s1. The maximum Gasteiger partial charge on any atom is 0.453 e. The van der Waals surface area contributed by atoms with Gasteiger partial charge in [0.1, 0.15) is 0 Å². The Bertz CT molecular complexity index is 1180. The molecule has 0 aromatic heterocycles. The molecule has 4 aliphatic carbocycles. The average molecular weight is 515 g/mol. The molecule has 0 radical (unpaired) electrons. The van der Waals surface area contributed by atoms with E-state index in [0.29, 0.717) is 6.42 Å². The highest BCUT2D eigenvalue weighted by atomic mass is 32.2. The first-order chi connectivity index (χ1) is 16.2.